The number of piperazine rings is 1. The van der Waals surface area contributed by atoms with Crippen LogP contribution in [-0.4, -0.2) is 30.4 Å². The van der Waals surface area contributed by atoms with Gasteiger partial charge in [0.05, 0.1) is 22.2 Å². The summed E-state index contributed by atoms with van der Waals surface area (Å²) < 4.78 is 0. The Morgan fingerprint density at radius 3 is 2.00 bits per heavy atom. The van der Waals surface area contributed by atoms with Crippen LogP contribution >= 0.6 is 46.4 Å². The Bertz CT molecular complexity index is 1150. The van der Waals surface area contributed by atoms with Crippen LogP contribution in [0.2, 0.25) is 20.1 Å². The van der Waals surface area contributed by atoms with Gasteiger partial charge in [0, 0.05) is 34.7 Å². The Hall–Kier alpha value is -1.91. The topological polar surface area (TPSA) is 23.6 Å². The number of benzene rings is 3. The Balaban J connectivity index is 1.66. The lowest BCUT2D eigenvalue weighted by atomic mass is 9.82. The Kier molecular flexibility index (Phi) is 7.16. The summed E-state index contributed by atoms with van der Waals surface area (Å²) in [6, 6.07) is 20.7. The largest absolute Gasteiger partial charge is 0.360 e. The van der Waals surface area contributed by atoms with Crippen molar-refractivity contribution < 1.29 is 4.79 Å². The van der Waals surface area contributed by atoms with Gasteiger partial charge in [-0.15, -0.1) is 0 Å². The average Bonchev–Trinajstić information content (AvgIpc) is 2.79. The predicted octanol–water partition coefficient (Wildman–Crippen LogP) is 7.67. The van der Waals surface area contributed by atoms with Crippen molar-refractivity contribution in [2.45, 2.75) is 25.3 Å². The maximum Gasteiger partial charge on any atom is 0.232 e. The molecule has 0 aromatic heterocycles. The zero-order valence-corrected chi connectivity index (χ0v) is 21.4. The number of halogens is 4. The molecule has 1 aliphatic rings. The van der Waals surface area contributed by atoms with Crippen molar-refractivity contribution in [2.75, 3.05) is 24.5 Å². The molecule has 7 heteroatoms. The molecular weight excluding hydrogens is 498 g/mol. The minimum absolute atomic E-state index is 0.0747. The molecule has 172 valence electrons. The van der Waals surface area contributed by atoms with Crippen LogP contribution in [0.5, 0.6) is 0 Å². The molecule has 33 heavy (non-hydrogen) atoms. The summed E-state index contributed by atoms with van der Waals surface area (Å²) in [6.45, 7) is 5.66. The van der Waals surface area contributed by atoms with Crippen molar-refractivity contribution >= 4 is 58.0 Å². The second kappa shape index (κ2) is 9.76. The molecule has 3 aromatic rings. The SMILES string of the molecule is CC(C)(C(=O)N1CCN(c2ccc(Cl)cc2Cl)C(c2ccc(Cl)cc2)C1)c1ccc(Cl)cc1. The molecule has 1 fully saturated rings. The van der Waals surface area contributed by atoms with E-state index < -0.39 is 5.41 Å². The second-order valence-corrected chi connectivity index (χ2v) is 10.5. The van der Waals surface area contributed by atoms with Crippen LogP contribution in [0.4, 0.5) is 5.69 Å². The monoisotopic (exact) mass is 520 g/mol. The first-order valence-electron chi connectivity index (χ1n) is 10.7. The summed E-state index contributed by atoms with van der Waals surface area (Å²) in [5.74, 6) is 0.0747. The van der Waals surface area contributed by atoms with Crippen LogP contribution in [0.3, 0.4) is 0 Å². The van der Waals surface area contributed by atoms with Gasteiger partial charge in [-0.1, -0.05) is 70.7 Å². The molecule has 4 rings (SSSR count). The lowest BCUT2D eigenvalue weighted by Gasteiger charge is -2.45. The van der Waals surface area contributed by atoms with Gasteiger partial charge in [0.1, 0.15) is 0 Å². The van der Waals surface area contributed by atoms with E-state index in [0.29, 0.717) is 39.7 Å². The molecule has 0 N–H and O–H groups in total. The number of amides is 1. The number of carbonyl (C=O) groups excluding carboxylic acids is 1. The molecule has 0 spiro atoms. The summed E-state index contributed by atoms with van der Waals surface area (Å²) in [4.78, 5) is 17.9. The number of hydrogen-bond donors (Lipinski definition) is 0. The lowest BCUT2D eigenvalue weighted by Crippen LogP contribution is -2.54. The fourth-order valence-corrected chi connectivity index (χ4v) is 5.09. The molecule has 0 bridgehead atoms. The van der Waals surface area contributed by atoms with E-state index in [0.717, 1.165) is 16.8 Å². The molecule has 1 aliphatic heterocycles. The molecular formula is C26H24Cl4N2O. The second-order valence-electron chi connectivity index (χ2n) is 8.74. The van der Waals surface area contributed by atoms with Gasteiger partial charge >= 0.3 is 0 Å². The molecule has 0 saturated carbocycles. The van der Waals surface area contributed by atoms with Gasteiger partial charge in [-0.25, -0.2) is 0 Å². The molecule has 1 heterocycles. The molecule has 1 amide bonds. The van der Waals surface area contributed by atoms with E-state index in [1.165, 1.54) is 0 Å². The zero-order valence-electron chi connectivity index (χ0n) is 18.4. The fraction of sp³-hybridized carbons (Fsp3) is 0.269. The summed E-state index contributed by atoms with van der Waals surface area (Å²) in [6.07, 6.45) is 0. The Morgan fingerprint density at radius 2 is 1.39 bits per heavy atom. The smallest absolute Gasteiger partial charge is 0.232 e. The highest BCUT2D eigenvalue weighted by atomic mass is 35.5. The fourth-order valence-electron chi connectivity index (χ4n) is 4.33. The molecule has 1 atom stereocenters. The van der Waals surface area contributed by atoms with Gasteiger partial charge in [-0.3, -0.25) is 4.79 Å². The quantitative estimate of drug-likeness (QED) is 0.351. The zero-order chi connectivity index (χ0) is 23.8. The van der Waals surface area contributed by atoms with Gasteiger partial charge in [0.25, 0.3) is 0 Å². The minimum Gasteiger partial charge on any atom is -0.360 e. The molecule has 3 nitrogen and oxygen atoms in total. The number of rotatable bonds is 4. The molecule has 0 aliphatic carbocycles. The highest BCUT2D eigenvalue weighted by Gasteiger charge is 2.38. The van der Waals surface area contributed by atoms with Crippen molar-refractivity contribution in [3.05, 3.63) is 97.9 Å². The van der Waals surface area contributed by atoms with E-state index >= 15 is 0 Å². The highest BCUT2D eigenvalue weighted by molar-refractivity contribution is 6.36. The first-order chi connectivity index (χ1) is 15.7. The first-order valence-corrected chi connectivity index (χ1v) is 12.2. The third kappa shape index (κ3) is 5.12. The normalized spacial score (nSPS) is 16.7. The van der Waals surface area contributed by atoms with E-state index in [1.54, 1.807) is 6.07 Å². The van der Waals surface area contributed by atoms with Crippen LogP contribution in [0.25, 0.3) is 0 Å². The van der Waals surface area contributed by atoms with Gasteiger partial charge in [-0.05, 0) is 67.4 Å². The van der Waals surface area contributed by atoms with E-state index in [9.17, 15) is 4.79 Å². The standard InChI is InChI=1S/C26H24Cl4N2O/c1-26(2,18-5-9-20(28)10-6-18)25(33)31-13-14-32(23-12-11-21(29)15-22(23)30)24(16-31)17-3-7-19(27)8-4-17/h3-12,15,24H,13-14,16H2,1-2H3. The van der Waals surface area contributed by atoms with Crippen LogP contribution in [0.15, 0.2) is 66.7 Å². The first kappa shape index (κ1) is 24.2. The van der Waals surface area contributed by atoms with E-state index in [-0.39, 0.29) is 11.9 Å². The third-order valence-electron chi connectivity index (χ3n) is 6.24. The molecule has 3 aromatic carbocycles. The van der Waals surface area contributed by atoms with Crippen LogP contribution in [0.1, 0.15) is 31.0 Å². The van der Waals surface area contributed by atoms with Crippen LogP contribution < -0.4 is 4.90 Å². The number of hydrogen-bond acceptors (Lipinski definition) is 2. The van der Waals surface area contributed by atoms with Crippen molar-refractivity contribution in [3.8, 4) is 0 Å². The number of anilines is 1. The summed E-state index contributed by atoms with van der Waals surface area (Å²) >= 11 is 24.9. The van der Waals surface area contributed by atoms with E-state index in [4.69, 9.17) is 46.4 Å². The van der Waals surface area contributed by atoms with Crippen molar-refractivity contribution in [1.82, 2.24) is 4.90 Å². The molecule has 0 radical (unpaired) electrons. The van der Waals surface area contributed by atoms with Crippen LogP contribution in [-0.2, 0) is 10.2 Å². The third-order valence-corrected chi connectivity index (χ3v) is 7.28. The Labute approximate surface area is 214 Å². The van der Waals surface area contributed by atoms with Crippen molar-refractivity contribution in [3.63, 3.8) is 0 Å². The van der Waals surface area contributed by atoms with Crippen molar-refractivity contribution in [1.29, 1.82) is 0 Å². The highest BCUT2D eigenvalue weighted by Crippen LogP contribution is 2.38. The minimum atomic E-state index is -0.685. The van der Waals surface area contributed by atoms with Crippen LogP contribution in [0, 0.1) is 0 Å². The average molecular weight is 522 g/mol. The maximum atomic E-state index is 13.7. The lowest BCUT2D eigenvalue weighted by molar-refractivity contribution is -0.137. The Morgan fingerprint density at radius 1 is 0.818 bits per heavy atom. The van der Waals surface area contributed by atoms with E-state index in [2.05, 4.69) is 4.90 Å². The maximum absolute atomic E-state index is 13.7. The van der Waals surface area contributed by atoms with E-state index in [1.807, 2.05) is 79.4 Å². The van der Waals surface area contributed by atoms with Gasteiger partial charge in [-0.2, -0.15) is 0 Å². The van der Waals surface area contributed by atoms with Gasteiger partial charge in [0.2, 0.25) is 5.91 Å². The molecule has 1 unspecified atom stereocenters. The van der Waals surface area contributed by atoms with Crippen molar-refractivity contribution in [2.24, 2.45) is 0 Å². The number of nitrogens with zero attached hydrogens (tertiary/aromatic N) is 2. The van der Waals surface area contributed by atoms with Gasteiger partial charge < -0.3 is 9.80 Å². The summed E-state index contributed by atoms with van der Waals surface area (Å²) in [5, 5.41) is 2.49. The predicted molar refractivity (Wildman–Crippen MR) is 139 cm³/mol. The summed E-state index contributed by atoms with van der Waals surface area (Å²) in [7, 11) is 0. The number of carbonyl (C=O) groups is 1. The molecule has 1 saturated heterocycles. The summed E-state index contributed by atoms with van der Waals surface area (Å²) in [5.41, 5.74) is 2.20. The van der Waals surface area contributed by atoms with Gasteiger partial charge in [0.15, 0.2) is 0 Å².